The van der Waals surface area contributed by atoms with Crippen molar-refractivity contribution >= 4 is 27.5 Å². The van der Waals surface area contributed by atoms with Gasteiger partial charge in [0.05, 0.1) is 4.47 Å². The Balaban J connectivity index is 1.89. The van der Waals surface area contributed by atoms with Gasteiger partial charge in [0.25, 0.3) is 5.91 Å². The summed E-state index contributed by atoms with van der Waals surface area (Å²) in [5.41, 5.74) is 3.16. The Bertz CT molecular complexity index is 623. The van der Waals surface area contributed by atoms with Gasteiger partial charge in [0.1, 0.15) is 5.75 Å². The molecule has 0 bridgehead atoms. The maximum Gasteiger partial charge on any atom is 0.262 e. The van der Waals surface area contributed by atoms with Gasteiger partial charge in [0, 0.05) is 5.69 Å². The third kappa shape index (κ3) is 4.60. The second-order valence-electron chi connectivity index (χ2n) is 4.82. The van der Waals surface area contributed by atoms with E-state index >= 15 is 0 Å². The molecular formula is C17H18BrNO2. The van der Waals surface area contributed by atoms with Crippen LogP contribution in [0.4, 0.5) is 5.69 Å². The van der Waals surface area contributed by atoms with Gasteiger partial charge in [-0.05, 0) is 64.7 Å². The quantitative estimate of drug-likeness (QED) is 0.873. The molecule has 0 spiro atoms. The molecule has 0 unspecified atom stereocenters. The van der Waals surface area contributed by atoms with Crippen molar-refractivity contribution in [3.8, 4) is 5.75 Å². The second kappa shape index (κ2) is 7.27. The Morgan fingerprint density at radius 2 is 1.90 bits per heavy atom. The average molecular weight is 348 g/mol. The van der Waals surface area contributed by atoms with Crippen LogP contribution in [-0.2, 0) is 11.2 Å². The molecule has 4 heteroatoms. The number of amides is 1. The number of aryl methyl sites for hydroxylation is 2. The van der Waals surface area contributed by atoms with Crippen LogP contribution in [0, 0.1) is 6.92 Å². The van der Waals surface area contributed by atoms with Gasteiger partial charge in [0.2, 0.25) is 0 Å². The van der Waals surface area contributed by atoms with E-state index in [1.54, 1.807) is 0 Å². The highest BCUT2D eigenvalue weighted by Gasteiger charge is 2.06. The summed E-state index contributed by atoms with van der Waals surface area (Å²) in [5.74, 6) is 0.490. The minimum atomic E-state index is -0.174. The van der Waals surface area contributed by atoms with E-state index < -0.39 is 0 Å². The SMILES string of the molecule is CCc1ccc(NC(=O)COc2ccc(C)cc2Br)cc1. The van der Waals surface area contributed by atoms with Crippen LogP contribution in [0.25, 0.3) is 0 Å². The van der Waals surface area contributed by atoms with Crippen LogP contribution in [0.2, 0.25) is 0 Å². The summed E-state index contributed by atoms with van der Waals surface area (Å²) in [6.07, 6.45) is 0.985. The lowest BCUT2D eigenvalue weighted by Gasteiger charge is -2.09. The molecule has 110 valence electrons. The van der Waals surface area contributed by atoms with E-state index in [9.17, 15) is 4.79 Å². The summed E-state index contributed by atoms with van der Waals surface area (Å²) >= 11 is 3.42. The van der Waals surface area contributed by atoms with Crippen LogP contribution in [0.3, 0.4) is 0 Å². The van der Waals surface area contributed by atoms with Gasteiger partial charge in [-0.25, -0.2) is 0 Å². The van der Waals surface area contributed by atoms with Crippen LogP contribution in [-0.4, -0.2) is 12.5 Å². The topological polar surface area (TPSA) is 38.3 Å². The van der Waals surface area contributed by atoms with Gasteiger partial charge >= 0.3 is 0 Å². The second-order valence-corrected chi connectivity index (χ2v) is 5.68. The minimum Gasteiger partial charge on any atom is -0.483 e. The number of rotatable bonds is 5. The first-order valence-electron chi connectivity index (χ1n) is 6.86. The minimum absolute atomic E-state index is 0.0167. The summed E-state index contributed by atoms with van der Waals surface area (Å²) in [6.45, 7) is 4.08. The van der Waals surface area contributed by atoms with Crippen molar-refractivity contribution in [1.82, 2.24) is 0 Å². The largest absolute Gasteiger partial charge is 0.483 e. The number of nitrogens with one attached hydrogen (secondary N) is 1. The molecule has 0 fully saturated rings. The predicted octanol–water partition coefficient (Wildman–Crippen LogP) is 4.34. The fraction of sp³-hybridized carbons (Fsp3) is 0.235. The van der Waals surface area contributed by atoms with Gasteiger partial charge in [-0.2, -0.15) is 0 Å². The van der Waals surface area contributed by atoms with Crippen molar-refractivity contribution in [2.45, 2.75) is 20.3 Å². The van der Waals surface area contributed by atoms with E-state index in [0.717, 1.165) is 22.1 Å². The number of carbonyl (C=O) groups is 1. The number of hydrogen-bond acceptors (Lipinski definition) is 2. The normalized spacial score (nSPS) is 10.2. The lowest BCUT2D eigenvalue weighted by atomic mass is 10.1. The summed E-state index contributed by atoms with van der Waals surface area (Å²) in [7, 11) is 0. The molecular weight excluding hydrogens is 330 g/mol. The van der Waals surface area contributed by atoms with Crippen molar-refractivity contribution < 1.29 is 9.53 Å². The Labute approximate surface area is 133 Å². The summed E-state index contributed by atoms with van der Waals surface area (Å²) in [4.78, 5) is 11.9. The van der Waals surface area contributed by atoms with Crippen LogP contribution in [0.1, 0.15) is 18.1 Å². The smallest absolute Gasteiger partial charge is 0.262 e. The first-order valence-corrected chi connectivity index (χ1v) is 7.65. The van der Waals surface area contributed by atoms with Crippen molar-refractivity contribution in [2.24, 2.45) is 0 Å². The molecule has 1 N–H and O–H groups in total. The Kier molecular flexibility index (Phi) is 5.39. The van der Waals surface area contributed by atoms with Crippen LogP contribution >= 0.6 is 15.9 Å². The molecule has 0 aliphatic heterocycles. The summed E-state index contributed by atoms with van der Waals surface area (Å²) in [6, 6.07) is 13.6. The van der Waals surface area contributed by atoms with Crippen LogP contribution in [0.15, 0.2) is 46.9 Å². The first kappa shape index (κ1) is 15.6. The van der Waals surface area contributed by atoms with Gasteiger partial charge in [-0.15, -0.1) is 0 Å². The monoisotopic (exact) mass is 347 g/mol. The molecule has 0 atom stereocenters. The molecule has 2 rings (SSSR count). The molecule has 0 radical (unpaired) electrons. The number of carbonyl (C=O) groups excluding carboxylic acids is 1. The molecule has 21 heavy (non-hydrogen) atoms. The molecule has 0 aliphatic rings. The van der Waals surface area contributed by atoms with Gasteiger partial charge in [0.15, 0.2) is 6.61 Å². The van der Waals surface area contributed by atoms with E-state index in [1.165, 1.54) is 5.56 Å². The predicted molar refractivity (Wildman–Crippen MR) is 88.8 cm³/mol. The average Bonchev–Trinajstić information content (AvgIpc) is 2.47. The lowest BCUT2D eigenvalue weighted by molar-refractivity contribution is -0.118. The van der Waals surface area contributed by atoms with E-state index in [4.69, 9.17) is 4.74 Å². The maximum atomic E-state index is 11.9. The molecule has 0 saturated heterocycles. The Morgan fingerprint density at radius 1 is 1.19 bits per heavy atom. The van der Waals surface area contributed by atoms with E-state index in [0.29, 0.717) is 5.75 Å². The number of hydrogen-bond donors (Lipinski definition) is 1. The molecule has 3 nitrogen and oxygen atoms in total. The zero-order valence-corrected chi connectivity index (χ0v) is 13.7. The van der Waals surface area contributed by atoms with E-state index in [2.05, 4.69) is 28.2 Å². The fourth-order valence-electron chi connectivity index (χ4n) is 1.89. The third-order valence-electron chi connectivity index (χ3n) is 3.09. The summed E-state index contributed by atoms with van der Waals surface area (Å²) < 4.78 is 6.36. The fourth-order valence-corrected chi connectivity index (χ4v) is 2.49. The van der Waals surface area contributed by atoms with Crippen molar-refractivity contribution in [2.75, 3.05) is 11.9 Å². The van der Waals surface area contributed by atoms with Gasteiger partial charge < -0.3 is 10.1 Å². The molecule has 0 saturated carbocycles. The number of anilines is 1. The molecule has 1 amide bonds. The van der Waals surface area contributed by atoms with E-state index in [-0.39, 0.29) is 12.5 Å². The molecule has 2 aromatic carbocycles. The van der Waals surface area contributed by atoms with Crippen molar-refractivity contribution in [3.05, 3.63) is 58.1 Å². The summed E-state index contributed by atoms with van der Waals surface area (Å²) in [5, 5.41) is 2.82. The zero-order valence-electron chi connectivity index (χ0n) is 12.2. The highest BCUT2D eigenvalue weighted by molar-refractivity contribution is 9.10. The maximum absolute atomic E-state index is 11.9. The molecule has 0 heterocycles. The first-order chi connectivity index (χ1) is 10.1. The molecule has 0 aliphatic carbocycles. The Hall–Kier alpha value is -1.81. The number of benzene rings is 2. The number of halogens is 1. The highest BCUT2D eigenvalue weighted by Crippen LogP contribution is 2.25. The third-order valence-corrected chi connectivity index (χ3v) is 3.71. The van der Waals surface area contributed by atoms with Crippen LogP contribution in [0.5, 0.6) is 5.75 Å². The van der Waals surface area contributed by atoms with Gasteiger partial charge in [-0.3, -0.25) is 4.79 Å². The van der Waals surface area contributed by atoms with Gasteiger partial charge in [-0.1, -0.05) is 25.1 Å². The van der Waals surface area contributed by atoms with E-state index in [1.807, 2.05) is 49.4 Å². The van der Waals surface area contributed by atoms with Crippen molar-refractivity contribution in [3.63, 3.8) is 0 Å². The molecule has 2 aromatic rings. The zero-order chi connectivity index (χ0) is 15.2. The highest BCUT2D eigenvalue weighted by atomic mass is 79.9. The van der Waals surface area contributed by atoms with Crippen molar-refractivity contribution in [1.29, 1.82) is 0 Å². The lowest BCUT2D eigenvalue weighted by Crippen LogP contribution is -2.20. The standard InChI is InChI=1S/C17H18BrNO2/c1-3-13-5-7-14(8-6-13)19-17(20)11-21-16-9-4-12(2)10-15(16)18/h4-10H,3,11H2,1-2H3,(H,19,20). The molecule has 0 aromatic heterocycles. The van der Waals surface area contributed by atoms with Crippen LogP contribution < -0.4 is 10.1 Å². The Morgan fingerprint density at radius 3 is 2.52 bits per heavy atom. The number of ether oxygens (including phenoxy) is 1.